The van der Waals surface area contributed by atoms with Gasteiger partial charge in [-0.25, -0.2) is 9.97 Å². The zero-order valence-corrected chi connectivity index (χ0v) is 29.0. The van der Waals surface area contributed by atoms with Crippen molar-refractivity contribution >= 4 is 27.5 Å². The SMILES string of the molecule is C1=CC2=C(n3c4ccccc4c4ccccc43)C=CC(c3ccc(-c4nc(-c5ccccc5)cc(-c5cccc(-c6ccccc6)c5)n4)cc3)C2C=C1. The third-order valence-electron chi connectivity index (χ3n) is 10.6. The van der Waals surface area contributed by atoms with Crippen LogP contribution in [0.25, 0.3) is 72.5 Å². The Hall–Kier alpha value is -6.84. The van der Waals surface area contributed by atoms with Crippen LogP contribution in [-0.4, -0.2) is 14.5 Å². The van der Waals surface area contributed by atoms with Crippen LogP contribution in [0.5, 0.6) is 0 Å². The fourth-order valence-corrected chi connectivity index (χ4v) is 8.07. The summed E-state index contributed by atoms with van der Waals surface area (Å²) < 4.78 is 2.44. The summed E-state index contributed by atoms with van der Waals surface area (Å²) in [6.45, 7) is 0. The first-order chi connectivity index (χ1) is 26.3. The van der Waals surface area contributed by atoms with Crippen LogP contribution in [0.4, 0.5) is 0 Å². The summed E-state index contributed by atoms with van der Waals surface area (Å²) in [5.41, 5.74) is 13.6. The first-order valence-corrected chi connectivity index (χ1v) is 18.2. The molecule has 6 aromatic carbocycles. The van der Waals surface area contributed by atoms with Gasteiger partial charge in [0.1, 0.15) is 0 Å². The number of aromatic nitrogens is 3. The molecule has 0 spiro atoms. The van der Waals surface area contributed by atoms with E-state index in [0.717, 1.165) is 33.6 Å². The Labute approximate surface area is 309 Å². The summed E-state index contributed by atoms with van der Waals surface area (Å²) in [6, 6.07) is 58.0. The van der Waals surface area contributed by atoms with Crippen LogP contribution < -0.4 is 0 Å². The van der Waals surface area contributed by atoms with E-state index < -0.39 is 0 Å². The molecule has 53 heavy (non-hydrogen) atoms. The summed E-state index contributed by atoms with van der Waals surface area (Å²) in [4.78, 5) is 10.3. The Morgan fingerprint density at radius 2 is 1.02 bits per heavy atom. The lowest BCUT2D eigenvalue weighted by molar-refractivity contribution is 0.669. The normalized spacial score (nSPS) is 16.4. The average molecular weight is 678 g/mol. The number of hydrogen-bond acceptors (Lipinski definition) is 2. The minimum absolute atomic E-state index is 0.199. The van der Waals surface area contributed by atoms with Crippen molar-refractivity contribution in [2.24, 2.45) is 5.92 Å². The van der Waals surface area contributed by atoms with Crippen LogP contribution in [0.15, 0.2) is 206 Å². The highest BCUT2D eigenvalue weighted by Crippen LogP contribution is 2.44. The summed E-state index contributed by atoms with van der Waals surface area (Å²) in [5, 5.41) is 2.56. The van der Waals surface area contributed by atoms with E-state index in [1.165, 1.54) is 44.2 Å². The highest BCUT2D eigenvalue weighted by Gasteiger charge is 2.29. The Balaban J connectivity index is 1.02. The number of allylic oxidation sites excluding steroid dienone is 8. The first kappa shape index (κ1) is 30.9. The molecule has 0 N–H and O–H groups in total. The van der Waals surface area contributed by atoms with Gasteiger partial charge in [-0.2, -0.15) is 0 Å². The minimum Gasteiger partial charge on any atom is -0.309 e. The molecule has 2 aromatic heterocycles. The van der Waals surface area contributed by atoms with Gasteiger partial charge in [-0.3, -0.25) is 0 Å². The molecule has 8 aromatic rings. The van der Waals surface area contributed by atoms with Gasteiger partial charge in [-0.05, 0) is 52.6 Å². The predicted molar refractivity (Wildman–Crippen MR) is 220 cm³/mol. The summed E-state index contributed by atoms with van der Waals surface area (Å²) in [7, 11) is 0. The Morgan fingerprint density at radius 3 is 1.74 bits per heavy atom. The van der Waals surface area contributed by atoms with Gasteiger partial charge < -0.3 is 4.57 Å². The van der Waals surface area contributed by atoms with Crippen molar-refractivity contribution in [3.05, 3.63) is 211 Å². The van der Waals surface area contributed by atoms with Crippen molar-refractivity contribution < 1.29 is 0 Å². The molecule has 0 saturated heterocycles. The molecule has 0 aliphatic heterocycles. The minimum atomic E-state index is 0.199. The van der Waals surface area contributed by atoms with Crippen LogP contribution >= 0.6 is 0 Å². The van der Waals surface area contributed by atoms with E-state index in [1.807, 2.05) is 6.07 Å². The quantitative estimate of drug-likeness (QED) is 0.175. The molecule has 0 bridgehead atoms. The maximum absolute atomic E-state index is 5.17. The van der Waals surface area contributed by atoms with Crippen LogP contribution in [0, 0.1) is 5.92 Å². The molecule has 250 valence electrons. The average Bonchev–Trinajstić information content (AvgIpc) is 3.58. The molecule has 0 fully saturated rings. The van der Waals surface area contributed by atoms with E-state index in [2.05, 4.69) is 199 Å². The lowest BCUT2D eigenvalue weighted by atomic mass is 9.75. The van der Waals surface area contributed by atoms with Crippen molar-refractivity contribution in [2.45, 2.75) is 5.92 Å². The Kier molecular flexibility index (Phi) is 7.62. The molecule has 10 rings (SSSR count). The van der Waals surface area contributed by atoms with Crippen molar-refractivity contribution in [3.63, 3.8) is 0 Å². The largest absolute Gasteiger partial charge is 0.309 e. The maximum Gasteiger partial charge on any atom is 0.160 e. The topological polar surface area (TPSA) is 30.7 Å². The number of hydrogen-bond donors (Lipinski definition) is 0. The maximum atomic E-state index is 5.17. The molecular weight excluding hydrogens is 643 g/mol. The number of nitrogens with zero attached hydrogens (tertiary/aromatic N) is 3. The van der Waals surface area contributed by atoms with Crippen LogP contribution in [-0.2, 0) is 0 Å². The molecule has 2 aliphatic carbocycles. The number of benzene rings is 6. The van der Waals surface area contributed by atoms with Crippen LogP contribution in [0.1, 0.15) is 11.5 Å². The summed E-state index contributed by atoms with van der Waals surface area (Å²) in [6.07, 6.45) is 13.7. The molecule has 2 aliphatic rings. The van der Waals surface area contributed by atoms with Crippen LogP contribution in [0.2, 0.25) is 0 Å². The highest BCUT2D eigenvalue weighted by atomic mass is 15.0. The van der Waals surface area contributed by atoms with E-state index in [9.17, 15) is 0 Å². The van der Waals surface area contributed by atoms with E-state index in [0.29, 0.717) is 5.82 Å². The molecule has 2 heterocycles. The van der Waals surface area contributed by atoms with Gasteiger partial charge in [-0.15, -0.1) is 0 Å². The molecule has 3 heteroatoms. The molecule has 0 saturated carbocycles. The predicted octanol–water partition coefficient (Wildman–Crippen LogP) is 12.6. The van der Waals surface area contributed by atoms with Gasteiger partial charge >= 0.3 is 0 Å². The fraction of sp³-hybridized carbons (Fsp3) is 0.0400. The molecule has 2 unspecified atom stereocenters. The smallest absolute Gasteiger partial charge is 0.160 e. The lowest BCUT2D eigenvalue weighted by Gasteiger charge is -2.31. The van der Waals surface area contributed by atoms with Crippen molar-refractivity contribution in [1.82, 2.24) is 14.5 Å². The number of para-hydroxylation sites is 2. The van der Waals surface area contributed by atoms with Gasteiger partial charge in [0, 0.05) is 45.0 Å². The summed E-state index contributed by atoms with van der Waals surface area (Å²) in [5.74, 6) is 1.13. The second-order valence-electron chi connectivity index (χ2n) is 13.8. The lowest BCUT2D eigenvalue weighted by Crippen LogP contribution is -2.18. The second kappa shape index (κ2) is 13.0. The fourth-order valence-electron chi connectivity index (χ4n) is 8.07. The third kappa shape index (κ3) is 5.55. The number of fused-ring (bicyclic) bond motifs is 4. The second-order valence-corrected chi connectivity index (χ2v) is 13.8. The van der Waals surface area contributed by atoms with Crippen molar-refractivity contribution in [1.29, 1.82) is 0 Å². The number of rotatable bonds is 6. The highest BCUT2D eigenvalue weighted by molar-refractivity contribution is 6.10. The van der Waals surface area contributed by atoms with Gasteiger partial charge in [-0.1, -0.05) is 170 Å². The monoisotopic (exact) mass is 677 g/mol. The zero-order valence-electron chi connectivity index (χ0n) is 29.0. The third-order valence-corrected chi connectivity index (χ3v) is 10.6. The molecule has 3 nitrogen and oxygen atoms in total. The molecule has 0 amide bonds. The first-order valence-electron chi connectivity index (χ1n) is 18.2. The molecular formula is C50H35N3. The summed E-state index contributed by atoms with van der Waals surface area (Å²) >= 11 is 0. The van der Waals surface area contributed by atoms with E-state index >= 15 is 0 Å². The van der Waals surface area contributed by atoms with E-state index in [1.54, 1.807) is 0 Å². The van der Waals surface area contributed by atoms with E-state index in [-0.39, 0.29) is 11.8 Å². The molecule has 0 radical (unpaired) electrons. The Bertz CT molecular complexity index is 2710. The van der Waals surface area contributed by atoms with Gasteiger partial charge in [0.05, 0.1) is 22.4 Å². The van der Waals surface area contributed by atoms with Gasteiger partial charge in [0.25, 0.3) is 0 Å². The Morgan fingerprint density at radius 1 is 0.415 bits per heavy atom. The van der Waals surface area contributed by atoms with Gasteiger partial charge in [0.15, 0.2) is 5.82 Å². The molecule has 2 atom stereocenters. The standard InChI is InChI=1S/C50H35N3/c1-3-14-34(15-4-1)38-18-13-19-39(32-38)46-33-45(36-16-5-2-6-17-36)51-50(52-46)37-28-26-35(27-29-37)40-30-31-49(42-21-8-7-20-41(40)42)53-47-24-11-9-22-43(47)44-23-10-12-25-48(44)53/h1-33,40-41H. The van der Waals surface area contributed by atoms with Gasteiger partial charge in [0.2, 0.25) is 0 Å². The van der Waals surface area contributed by atoms with E-state index in [4.69, 9.17) is 9.97 Å². The zero-order chi connectivity index (χ0) is 35.1. The van der Waals surface area contributed by atoms with Crippen molar-refractivity contribution in [2.75, 3.05) is 0 Å². The van der Waals surface area contributed by atoms with Crippen molar-refractivity contribution in [3.8, 4) is 45.0 Å². The van der Waals surface area contributed by atoms with Crippen LogP contribution in [0.3, 0.4) is 0 Å².